The van der Waals surface area contributed by atoms with Gasteiger partial charge >= 0.3 is 6.18 Å². The topological polar surface area (TPSA) is 64.9 Å². The average Bonchev–Trinajstić information content (AvgIpc) is 2.58. The number of hydrogen-bond acceptors (Lipinski definition) is 3. The number of aryl methyl sites for hydroxylation is 1. The second-order valence-electron chi connectivity index (χ2n) is 5.28. The highest BCUT2D eigenvalue weighted by atomic mass is 35.5. The second-order valence-corrected chi connectivity index (χ2v) is 5.68. The van der Waals surface area contributed by atoms with E-state index in [1.165, 1.54) is 24.3 Å². The van der Waals surface area contributed by atoms with Crippen molar-refractivity contribution in [3.63, 3.8) is 0 Å². The standard InChI is InChI=1S/C18H13ClF3N3O/c1-11-6-7-13(8-15(11)19)25-17(26)12(9-23)10-24-16-5-3-2-4-14(16)18(20,21)22/h2-8,10,24H,1H3,(H,25,26)/b12-10-. The molecule has 0 heterocycles. The first kappa shape index (κ1) is 19.3. The van der Waals surface area contributed by atoms with Gasteiger partial charge in [-0.05, 0) is 36.8 Å². The zero-order chi connectivity index (χ0) is 19.3. The SMILES string of the molecule is Cc1ccc(NC(=O)/C(C#N)=C\Nc2ccccc2C(F)(F)F)cc1Cl. The molecule has 8 heteroatoms. The van der Waals surface area contributed by atoms with Crippen LogP contribution in [0.1, 0.15) is 11.1 Å². The van der Waals surface area contributed by atoms with Crippen molar-refractivity contribution in [2.75, 3.05) is 10.6 Å². The number of halogens is 4. The summed E-state index contributed by atoms with van der Waals surface area (Å²) in [5, 5.41) is 14.4. The number of anilines is 2. The lowest BCUT2D eigenvalue weighted by Gasteiger charge is -2.12. The van der Waals surface area contributed by atoms with E-state index in [1.807, 2.05) is 0 Å². The summed E-state index contributed by atoms with van der Waals surface area (Å²) in [5.74, 6) is -0.774. The highest BCUT2D eigenvalue weighted by Gasteiger charge is 2.33. The molecular weight excluding hydrogens is 367 g/mol. The van der Waals surface area contributed by atoms with Crippen LogP contribution in [-0.2, 0) is 11.0 Å². The van der Waals surface area contributed by atoms with Crippen molar-refractivity contribution in [1.29, 1.82) is 5.26 Å². The van der Waals surface area contributed by atoms with E-state index in [-0.39, 0.29) is 5.69 Å². The third-order valence-electron chi connectivity index (χ3n) is 3.40. The minimum Gasteiger partial charge on any atom is -0.360 e. The van der Waals surface area contributed by atoms with Crippen molar-refractivity contribution in [2.24, 2.45) is 0 Å². The van der Waals surface area contributed by atoms with E-state index < -0.39 is 23.2 Å². The van der Waals surface area contributed by atoms with Gasteiger partial charge in [-0.1, -0.05) is 29.8 Å². The van der Waals surface area contributed by atoms with Crippen molar-refractivity contribution in [3.05, 3.63) is 70.4 Å². The van der Waals surface area contributed by atoms with Gasteiger partial charge in [0.1, 0.15) is 11.6 Å². The van der Waals surface area contributed by atoms with Crippen molar-refractivity contribution < 1.29 is 18.0 Å². The number of nitrogens with one attached hydrogen (secondary N) is 2. The fourth-order valence-corrected chi connectivity index (χ4v) is 2.20. The summed E-state index contributed by atoms with van der Waals surface area (Å²) in [6.45, 7) is 1.79. The van der Waals surface area contributed by atoms with Gasteiger partial charge in [0.05, 0.1) is 11.3 Å². The normalized spacial score (nSPS) is 11.6. The van der Waals surface area contributed by atoms with Gasteiger partial charge < -0.3 is 10.6 Å². The van der Waals surface area contributed by atoms with E-state index in [1.54, 1.807) is 25.1 Å². The number of carbonyl (C=O) groups excluding carboxylic acids is 1. The van der Waals surface area contributed by atoms with E-state index >= 15 is 0 Å². The van der Waals surface area contributed by atoms with Crippen molar-refractivity contribution in [1.82, 2.24) is 0 Å². The summed E-state index contributed by atoms with van der Waals surface area (Å²) in [6, 6.07) is 11.2. The molecule has 0 spiro atoms. The molecule has 134 valence electrons. The quantitative estimate of drug-likeness (QED) is 0.572. The third-order valence-corrected chi connectivity index (χ3v) is 3.81. The van der Waals surface area contributed by atoms with Crippen LogP contribution in [0.3, 0.4) is 0 Å². The number of amides is 1. The van der Waals surface area contributed by atoms with Gasteiger partial charge in [0, 0.05) is 16.9 Å². The molecule has 2 aromatic carbocycles. The molecule has 0 aliphatic heterocycles. The molecule has 4 nitrogen and oxygen atoms in total. The van der Waals surface area contributed by atoms with Crippen LogP contribution in [0.4, 0.5) is 24.5 Å². The van der Waals surface area contributed by atoms with Crippen LogP contribution in [-0.4, -0.2) is 5.91 Å². The predicted molar refractivity (Wildman–Crippen MR) is 93.6 cm³/mol. The lowest BCUT2D eigenvalue weighted by atomic mass is 10.1. The minimum absolute atomic E-state index is 0.265. The first-order valence-corrected chi connectivity index (χ1v) is 7.70. The molecule has 0 fully saturated rings. The summed E-state index contributed by atoms with van der Waals surface area (Å²) in [5.41, 5.74) is -0.384. The molecular formula is C18H13ClF3N3O. The highest BCUT2D eigenvalue weighted by molar-refractivity contribution is 6.31. The van der Waals surface area contributed by atoms with Crippen LogP contribution in [0.2, 0.25) is 5.02 Å². The summed E-state index contributed by atoms with van der Waals surface area (Å²) in [4.78, 5) is 12.1. The first-order valence-electron chi connectivity index (χ1n) is 7.33. The second kappa shape index (κ2) is 7.93. The fourth-order valence-electron chi connectivity index (χ4n) is 2.02. The van der Waals surface area contributed by atoms with E-state index in [0.29, 0.717) is 10.7 Å². The molecule has 0 radical (unpaired) electrons. The Balaban J connectivity index is 2.19. The molecule has 0 bridgehead atoms. The van der Waals surface area contributed by atoms with E-state index in [0.717, 1.165) is 17.8 Å². The maximum Gasteiger partial charge on any atom is 0.418 e. The van der Waals surface area contributed by atoms with Crippen LogP contribution in [0.25, 0.3) is 0 Å². The Labute approximate surface area is 152 Å². The summed E-state index contributed by atoms with van der Waals surface area (Å²) < 4.78 is 38.9. The van der Waals surface area contributed by atoms with Gasteiger partial charge in [-0.3, -0.25) is 4.79 Å². The van der Waals surface area contributed by atoms with Crippen LogP contribution >= 0.6 is 11.6 Å². The maximum atomic E-state index is 13.0. The zero-order valence-corrected chi connectivity index (χ0v) is 14.2. The largest absolute Gasteiger partial charge is 0.418 e. The van der Waals surface area contributed by atoms with Crippen LogP contribution < -0.4 is 10.6 Å². The average molecular weight is 380 g/mol. The number of benzene rings is 2. The van der Waals surface area contributed by atoms with E-state index in [4.69, 9.17) is 16.9 Å². The molecule has 0 atom stereocenters. The summed E-state index contributed by atoms with van der Waals surface area (Å²) in [6.07, 6.45) is -3.64. The molecule has 2 aromatic rings. The highest BCUT2D eigenvalue weighted by Crippen LogP contribution is 2.34. The molecule has 2 rings (SSSR count). The Hall–Kier alpha value is -2.98. The van der Waals surface area contributed by atoms with Crippen molar-refractivity contribution >= 4 is 28.9 Å². The van der Waals surface area contributed by atoms with Gasteiger partial charge in [-0.25, -0.2) is 0 Å². The zero-order valence-electron chi connectivity index (χ0n) is 13.5. The number of rotatable bonds is 4. The number of carbonyl (C=O) groups is 1. The Morgan fingerprint density at radius 3 is 2.54 bits per heavy atom. The Kier molecular flexibility index (Phi) is 5.90. The van der Waals surface area contributed by atoms with Gasteiger partial charge in [-0.15, -0.1) is 0 Å². The van der Waals surface area contributed by atoms with Crippen molar-refractivity contribution in [3.8, 4) is 6.07 Å². The fraction of sp³-hybridized carbons (Fsp3) is 0.111. The van der Waals surface area contributed by atoms with Crippen molar-refractivity contribution in [2.45, 2.75) is 13.1 Å². The molecule has 0 unspecified atom stereocenters. The number of nitrogens with zero attached hydrogens (tertiary/aromatic N) is 1. The first-order chi connectivity index (χ1) is 12.2. The van der Waals surface area contributed by atoms with Crippen LogP contribution in [0, 0.1) is 18.3 Å². The Morgan fingerprint density at radius 1 is 1.23 bits per heavy atom. The van der Waals surface area contributed by atoms with Gasteiger partial charge in [0.25, 0.3) is 5.91 Å². The van der Waals surface area contributed by atoms with Crippen LogP contribution in [0.15, 0.2) is 54.2 Å². The number of para-hydroxylation sites is 1. The minimum atomic E-state index is -4.56. The lowest BCUT2D eigenvalue weighted by molar-refractivity contribution is -0.136. The monoisotopic (exact) mass is 379 g/mol. The maximum absolute atomic E-state index is 13.0. The Bertz CT molecular complexity index is 901. The molecule has 0 saturated heterocycles. The van der Waals surface area contributed by atoms with Gasteiger partial charge in [0.2, 0.25) is 0 Å². The summed E-state index contributed by atoms with van der Waals surface area (Å²) in [7, 11) is 0. The van der Waals surface area contributed by atoms with Gasteiger partial charge in [0.15, 0.2) is 0 Å². The van der Waals surface area contributed by atoms with E-state index in [9.17, 15) is 18.0 Å². The smallest absolute Gasteiger partial charge is 0.360 e. The molecule has 0 aliphatic rings. The molecule has 0 saturated carbocycles. The number of hydrogen-bond donors (Lipinski definition) is 2. The van der Waals surface area contributed by atoms with Gasteiger partial charge in [-0.2, -0.15) is 18.4 Å². The number of nitriles is 1. The predicted octanol–water partition coefficient (Wildman–Crippen LogP) is 5.13. The molecule has 0 aliphatic carbocycles. The van der Waals surface area contributed by atoms with Crippen LogP contribution in [0.5, 0.6) is 0 Å². The molecule has 26 heavy (non-hydrogen) atoms. The molecule has 0 aromatic heterocycles. The summed E-state index contributed by atoms with van der Waals surface area (Å²) >= 11 is 5.96. The van der Waals surface area contributed by atoms with E-state index in [2.05, 4.69) is 10.6 Å². The molecule has 2 N–H and O–H groups in total. The third kappa shape index (κ3) is 4.77. The lowest BCUT2D eigenvalue weighted by Crippen LogP contribution is -2.15. The Morgan fingerprint density at radius 2 is 1.92 bits per heavy atom. The number of alkyl halides is 3. The molecule has 1 amide bonds.